The minimum atomic E-state index is -2.92. The molecular weight excluding hydrogens is 304 g/mol. The van der Waals surface area contributed by atoms with Gasteiger partial charge >= 0.3 is 6.09 Å². The van der Waals surface area contributed by atoms with Crippen molar-refractivity contribution in [3.8, 4) is 0 Å². The second kappa shape index (κ2) is 6.16. The summed E-state index contributed by atoms with van der Waals surface area (Å²) >= 11 is 0. The van der Waals surface area contributed by atoms with Gasteiger partial charge in [0.25, 0.3) is 0 Å². The van der Waals surface area contributed by atoms with E-state index in [-0.39, 0.29) is 17.5 Å². The average molecular weight is 326 g/mol. The molecule has 0 bridgehead atoms. The lowest BCUT2D eigenvalue weighted by atomic mass is 10.2. The number of carbonyl (C=O) groups excluding carboxylic acids is 1. The molecule has 7 heteroatoms. The van der Waals surface area contributed by atoms with Crippen molar-refractivity contribution in [3.63, 3.8) is 0 Å². The Hall–Kier alpha value is -1.76. The molecule has 1 fully saturated rings. The molecule has 1 aromatic rings. The summed E-state index contributed by atoms with van der Waals surface area (Å²) in [6, 6.07) is 7.06. The maximum absolute atomic E-state index is 11.7. The molecule has 1 saturated heterocycles. The zero-order valence-corrected chi connectivity index (χ0v) is 13.9. The van der Waals surface area contributed by atoms with Gasteiger partial charge in [-0.15, -0.1) is 0 Å². The number of rotatable bonds is 3. The lowest BCUT2D eigenvalue weighted by molar-refractivity contribution is 0.0636. The first kappa shape index (κ1) is 16.6. The fourth-order valence-corrected chi connectivity index (χ4v) is 3.93. The molecule has 0 spiro atoms. The number of sulfone groups is 1. The number of amides is 1. The third kappa shape index (κ3) is 5.22. The van der Waals surface area contributed by atoms with Crippen LogP contribution in [0.25, 0.3) is 0 Å². The number of nitrogens with one attached hydrogen (secondary N) is 2. The molecule has 1 atom stereocenters. The lowest BCUT2D eigenvalue weighted by Gasteiger charge is -2.20. The zero-order chi connectivity index (χ0) is 16.4. The van der Waals surface area contributed by atoms with Gasteiger partial charge in [0.1, 0.15) is 5.60 Å². The predicted molar refractivity (Wildman–Crippen MR) is 87.0 cm³/mol. The Bertz CT molecular complexity index is 650. The summed E-state index contributed by atoms with van der Waals surface area (Å²) in [5, 5.41) is 5.85. The molecule has 0 radical (unpaired) electrons. The summed E-state index contributed by atoms with van der Waals surface area (Å²) in [7, 11) is -2.92. The molecule has 2 rings (SSSR count). The van der Waals surface area contributed by atoms with Gasteiger partial charge in [-0.1, -0.05) is 6.07 Å². The summed E-state index contributed by atoms with van der Waals surface area (Å²) in [6.45, 7) is 5.39. The second-order valence-electron chi connectivity index (χ2n) is 6.45. The van der Waals surface area contributed by atoms with Crippen molar-refractivity contribution in [2.45, 2.75) is 38.8 Å². The van der Waals surface area contributed by atoms with Crippen molar-refractivity contribution < 1.29 is 17.9 Å². The van der Waals surface area contributed by atoms with E-state index in [9.17, 15) is 13.2 Å². The first-order valence-corrected chi connectivity index (χ1v) is 9.02. The quantitative estimate of drug-likeness (QED) is 0.892. The largest absolute Gasteiger partial charge is 0.444 e. The van der Waals surface area contributed by atoms with Gasteiger partial charge in [-0.05, 0) is 45.4 Å². The highest BCUT2D eigenvalue weighted by molar-refractivity contribution is 7.91. The van der Waals surface area contributed by atoms with Crippen molar-refractivity contribution in [2.24, 2.45) is 0 Å². The molecule has 122 valence electrons. The van der Waals surface area contributed by atoms with Crippen LogP contribution in [-0.2, 0) is 14.6 Å². The summed E-state index contributed by atoms with van der Waals surface area (Å²) in [6.07, 6.45) is 0.0829. The minimum Gasteiger partial charge on any atom is -0.444 e. The monoisotopic (exact) mass is 326 g/mol. The van der Waals surface area contributed by atoms with Gasteiger partial charge in [0.05, 0.1) is 11.5 Å². The smallest absolute Gasteiger partial charge is 0.412 e. The summed E-state index contributed by atoms with van der Waals surface area (Å²) in [5.74, 6) is 0.372. The second-order valence-corrected chi connectivity index (χ2v) is 8.68. The number of anilines is 2. The zero-order valence-electron chi connectivity index (χ0n) is 13.0. The van der Waals surface area contributed by atoms with Gasteiger partial charge in [0.15, 0.2) is 9.84 Å². The van der Waals surface area contributed by atoms with Crippen LogP contribution >= 0.6 is 0 Å². The van der Waals surface area contributed by atoms with Gasteiger partial charge in [-0.25, -0.2) is 13.2 Å². The minimum absolute atomic E-state index is 0.0817. The van der Waals surface area contributed by atoms with Crippen molar-refractivity contribution in [1.82, 2.24) is 0 Å². The molecule has 2 N–H and O–H groups in total. The predicted octanol–water partition coefficient (Wildman–Crippen LogP) is 2.63. The van der Waals surface area contributed by atoms with E-state index in [1.165, 1.54) is 0 Å². The maximum atomic E-state index is 11.7. The van der Waals surface area contributed by atoms with Crippen molar-refractivity contribution in [1.29, 1.82) is 0 Å². The third-order valence-electron chi connectivity index (χ3n) is 3.11. The number of benzene rings is 1. The molecule has 22 heavy (non-hydrogen) atoms. The highest BCUT2D eigenvalue weighted by Gasteiger charge is 2.27. The van der Waals surface area contributed by atoms with E-state index in [1.807, 2.05) is 6.07 Å². The molecule has 0 saturated carbocycles. The third-order valence-corrected chi connectivity index (χ3v) is 4.88. The van der Waals surface area contributed by atoms with Crippen LogP contribution in [0.4, 0.5) is 16.2 Å². The van der Waals surface area contributed by atoms with E-state index in [2.05, 4.69) is 10.6 Å². The average Bonchev–Trinajstić information content (AvgIpc) is 2.66. The molecule has 1 aliphatic rings. The highest BCUT2D eigenvalue weighted by Crippen LogP contribution is 2.21. The number of carbonyl (C=O) groups is 1. The molecule has 6 nitrogen and oxygen atoms in total. The highest BCUT2D eigenvalue weighted by atomic mass is 32.2. The van der Waals surface area contributed by atoms with Crippen LogP contribution in [-0.4, -0.2) is 37.7 Å². The van der Waals surface area contributed by atoms with Gasteiger partial charge in [-0.3, -0.25) is 5.32 Å². The maximum Gasteiger partial charge on any atom is 0.412 e. The topological polar surface area (TPSA) is 84.5 Å². The summed E-state index contributed by atoms with van der Waals surface area (Å²) in [4.78, 5) is 11.7. The van der Waals surface area contributed by atoms with Crippen molar-refractivity contribution in [3.05, 3.63) is 24.3 Å². The summed E-state index contributed by atoms with van der Waals surface area (Å²) < 4.78 is 28.1. The first-order valence-electron chi connectivity index (χ1n) is 7.20. The molecule has 1 amide bonds. The number of ether oxygens (including phenoxy) is 1. The van der Waals surface area contributed by atoms with Gasteiger partial charge in [0, 0.05) is 17.4 Å². The van der Waals surface area contributed by atoms with Gasteiger partial charge in [0.2, 0.25) is 0 Å². The Morgan fingerprint density at radius 2 is 1.95 bits per heavy atom. The Morgan fingerprint density at radius 3 is 2.55 bits per heavy atom. The van der Waals surface area contributed by atoms with Gasteiger partial charge in [-0.2, -0.15) is 0 Å². The van der Waals surface area contributed by atoms with E-state index in [1.54, 1.807) is 39.0 Å². The lowest BCUT2D eigenvalue weighted by Crippen LogP contribution is -2.27. The van der Waals surface area contributed by atoms with Crippen LogP contribution in [0.2, 0.25) is 0 Å². The molecule has 1 heterocycles. The van der Waals surface area contributed by atoms with Crippen LogP contribution in [0.15, 0.2) is 24.3 Å². The molecule has 1 unspecified atom stereocenters. The normalized spacial score (nSPS) is 20.4. The van der Waals surface area contributed by atoms with E-state index in [4.69, 9.17) is 4.74 Å². The number of hydrogen-bond acceptors (Lipinski definition) is 5. The molecule has 1 aliphatic heterocycles. The molecule has 0 aromatic heterocycles. The van der Waals surface area contributed by atoms with E-state index in [0.717, 1.165) is 5.69 Å². The van der Waals surface area contributed by atoms with Crippen LogP contribution in [0, 0.1) is 0 Å². The Kier molecular flexibility index (Phi) is 4.65. The Balaban J connectivity index is 1.97. The summed E-state index contributed by atoms with van der Waals surface area (Å²) in [5.41, 5.74) is 0.814. The first-order chi connectivity index (χ1) is 10.1. The van der Waals surface area contributed by atoms with Crippen LogP contribution in [0.1, 0.15) is 27.2 Å². The fourth-order valence-electron chi connectivity index (χ4n) is 2.25. The van der Waals surface area contributed by atoms with Crippen LogP contribution in [0.5, 0.6) is 0 Å². The molecular formula is C15H22N2O4S. The van der Waals surface area contributed by atoms with Gasteiger partial charge < -0.3 is 10.1 Å². The SMILES string of the molecule is CC(C)(C)OC(=O)Nc1cccc(NC2CCS(=O)(=O)C2)c1. The van der Waals surface area contributed by atoms with Crippen molar-refractivity contribution in [2.75, 3.05) is 22.1 Å². The Labute approximate surface area is 131 Å². The van der Waals surface area contributed by atoms with Crippen LogP contribution < -0.4 is 10.6 Å². The Morgan fingerprint density at radius 1 is 1.27 bits per heavy atom. The number of hydrogen-bond donors (Lipinski definition) is 2. The van der Waals surface area contributed by atoms with E-state index >= 15 is 0 Å². The van der Waals surface area contributed by atoms with Crippen molar-refractivity contribution >= 4 is 27.3 Å². The molecule has 0 aliphatic carbocycles. The standard InChI is InChI=1S/C15H22N2O4S/c1-15(2,3)21-14(18)17-12-6-4-5-11(9-12)16-13-7-8-22(19,20)10-13/h4-6,9,13,16H,7-8,10H2,1-3H3,(H,17,18). The fraction of sp³-hybridized carbons (Fsp3) is 0.533. The van der Waals surface area contributed by atoms with E-state index < -0.39 is 21.5 Å². The van der Waals surface area contributed by atoms with E-state index in [0.29, 0.717) is 12.1 Å². The van der Waals surface area contributed by atoms with Crippen LogP contribution in [0.3, 0.4) is 0 Å². The molecule has 1 aromatic carbocycles.